The number of hydrogen-bond acceptors (Lipinski definition) is 4. The summed E-state index contributed by atoms with van der Waals surface area (Å²) in [7, 11) is 0. The van der Waals surface area contributed by atoms with Crippen molar-refractivity contribution < 1.29 is 31.9 Å². The van der Waals surface area contributed by atoms with Crippen molar-refractivity contribution in [3.63, 3.8) is 0 Å². The van der Waals surface area contributed by atoms with E-state index in [-0.39, 0.29) is 23.5 Å². The van der Waals surface area contributed by atoms with Crippen LogP contribution in [0.5, 0.6) is 5.75 Å². The molecule has 1 aliphatic heterocycles. The summed E-state index contributed by atoms with van der Waals surface area (Å²) in [5, 5.41) is 11.4. The Morgan fingerprint density at radius 2 is 1.97 bits per heavy atom. The van der Waals surface area contributed by atoms with Crippen LogP contribution in [0, 0.1) is 17.1 Å². The van der Waals surface area contributed by atoms with Gasteiger partial charge in [-0.2, -0.15) is 18.4 Å². The first-order valence-electron chi connectivity index (χ1n) is 8.33. The molecule has 3 rings (SSSR count). The van der Waals surface area contributed by atoms with Crippen LogP contribution in [0.25, 0.3) is 0 Å². The third kappa shape index (κ3) is 4.63. The summed E-state index contributed by atoms with van der Waals surface area (Å²) in [5.41, 5.74) is 0.837. The van der Waals surface area contributed by atoms with Crippen LogP contribution in [0.4, 0.5) is 28.9 Å². The number of amides is 2. The molecule has 0 atom stereocenters. The molecule has 0 radical (unpaired) electrons. The van der Waals surface area contributed by atoms with E-state index in [0.29, 0.717) is 17.7 Å². The van der Waals surface area contributed by atoms with Crippen LogP contribution in [0.15, 0.2) is 36.4 Å². The van der Waals surface area contributed by atoms with E-state index in [2.05, 4.69) is 10.1 Å². The van der Waals surface area contributed by atoms with Crippen molar-refractivity contribution in [3.8, 4) is 11.8 Å². The van der Waals surface area contributed by atoms with Crippen LogP contribution < -0.4 is 15.0 Å². The van der Waals surface area contributed by atoms with E-state index in [4.69, 9.17) is 5.26 Å². The molecule has 0 bridgehead atoms. The van der Waals surface area contributed by atoms with E-state index in [9.17, 15) is 27.2 Å². The summed E-state index contributed by atoms with van der Waals surface area (Å²) in [6.07, 6.45) is -4.17. The SMILES string of the molecule is N#Cc1cc(NC(=O)C(=O)N2CCc3cc(F)ccc32)ccc1OCC(F)(F)F. The first kappa shape index (κ1) is 20.1. The van der Waals surface area contributed by atoms with Crippen LogP contribution in [-0.2, 0) is 16.0 Å². The van der Waals surface area contributed by atoms with Crippen molar-refractivity contribution in [2.24, 2.45) is 0 Å². The van der Waals surface area contributed by atoms with Crippen LogP contribution in [-0.4, -0.2) is 31.1 Å². The Balaban J connectivity index is 1.71. The Kier molecular flexibility index (Phi) is 5.41. The molecule has 29 heavy (non-hydrogen) atoms. The zero-order chi connectivity index (χ0) is 21.2. The fourth-order valence-electron chi connectivity index (χ4n) is 2.87. The van der Waals surface area contributed by atoms with Gasteiger partial charge >= 0.3 is 18.0 Å². The zero-order valence-corrected chi connectivity index (χ0v) is 14.7. The lowest BCUT2D eigenvalue weighted by molar-refractivity contribution is -0.153. The van der Waals surface area contributed by atoms with E-state index in [1.165, 1.54) is 29.2 Å². The second-order valence-corrected chi connectivity index (χ2v) is 6.16. The maximum atomic E-state index is 13.3. The number of carbonyl (C=O) groups excluding carboxylic acids is 2. The molecule has 1 aliphatic rings. The fraction of sp³-hybridized carbons (Fsp3) is 0.211. The van der Waals surface area contributed by atoms with E-state index in [1.807, 2.05) is 0 Å². The highest BCUT2D eigenvalue weighted by Crippen LogP contribution is 2.29. The van der Waals surface area contributed by atoms with Crippen LogP contribution in [0.1, 0.15) is 11.1 Å². The van der Waals surface area contributed by atoms with Gasteiger partial charge in [0.2, 0.25) is 0 Å². The Labute approximate surface area is 162 Å². The zero-order valence-electron chi connectivity index (χ0n) is 14.7. The Hall–Kier alpha value is -3.61. The van der Waals surface area contributed by atoms with Gasteiger partial charge in [0.25, 0.3) is 0 Å². The molecule has 2 amide bonds. The number of anilines is 2. The van der Waals surface area contributed by atoms with Gasteiger partial charge in [-0.3, -0.25) is 9.59 Å². The number of carbonyl (C=O) groups is 2. The van der Waals surface area contributed by atoms with Gasteiger partial charge in [-0.15, -0.1) is 0 Å². The standard InChI is InChI=1S/C19H13F4N3O3/c20-13-1-3-15-11(7-13)5-6-26(15)18(28)17(27)25-14-2-4-16(12(8-14)9-24)29-10-19(21,22)23/h1-4,7-8H,5-6,10H2,(H,25,27). The summed E-state index contributed by atoms with van der Waals surface area (Å²) in [5.74, 6) is -2.63. The third-order valence-corrected chi connectivity index (χ3v) is 4.13. The van der Waals surface area contributed by atoms with Crippen molar-refractivity contribution in [1.29, 1.82) is 5.26 Å². The third-order valence-electron chi connectivity index (χ3n) is 4.13. The van der Waals surface area contributed by atoms with Gasteiger partial charge in [0, 0.05) is 17.9 Å². The van der Waals surface area contributed by atoms with Crippen molar-refractivity contribution >= 4 is 23.2 Å². The molecule has 2 aromatic rings. The lowest BCUT2D eigenvalue weighted by atomic mass is 10.1. The molecule has 150 valence electrons. The minimum absolute atomic E-state index is 0.0396. The van der Waals surface area contributed by atoms with Gasteiger partial charge in [-0.05, 0) is 48.4 Å². The van der Waals surface area contributed by atoms with Crippen molar-refractivity contribution in [3.05, 3.63) is 53.3 Å². The molecular weight excluding hydrogens is 394 g/mol. The van der Waals surface area contributed by atoms with Gasteiger partial charge in [0.05, 0.1) is 5.56 Å². The summed E-state index contributed by atoms with van der Waals surface area (Å²) in [6.45, 7) is -1.36. The fourth-order valence-corrected chi connectivity index (χ4v) is 2.87. The van der Waals surface area contributed by atoms with Crippen molar-refractivity contribution in [2.45, 2.75) is 12.6 Å². The predicted molar refractivity (Wildman–Crippen MR) is 93.8 cm³/mol. The molecule has 0 unspecified atom stereocenters. The van der Waals surface area contributed by atoms with Crippen molar-refractivity contribution in [1.82, 2.24) is 0 Å². The summed E-state index contributed by atoms with van der Waals surface area (Å²) < 4.78 is 54.6. The molecule has 0 aliphatic carbocycles. The van der Waals surface area contributed by atoms with Gasteiger partial charge < -0.3 is 15.0 Å². The normalized spacial score (nSPS) is 12.9. The number of nitriles is 1. The number of nitrogens with zero attached hydrogens (tertiary/aromatic N) is 2. The molecule has 6 nitrogen and oxygen atoms in total. The van der Waals surface area contributed by atoms with Crippen LogP contribution in [0.2, 0.25) is 0 Å². The van der Waals surface area contributed by atoms with Crippen LogP contribution in [0.3, 0.4) is 0 Å². The lowest BCUT2D eigenvalue weighted by Gasteiger charge is -2.17. The second-order valence-electron chi connectivity index (χ2n) is 6.16. The number of halogens is 4. The first-order chi connectivity index (χ1) is 13.7. The Morgan fingerprint density at radius 1 is 1.21 bits per heavy atom. The molecule has 0 saturated carbocycles. The maximum absolute atomic E-state index is 13.3. The average Bonchev–Trinajstić information content (AvgIpc) is 3.08. The molecule has 1 heterocycles. The molecule has 10 heteroatoms. The largest absolute Gasteiger partial charge is 0.483 e. The van der Waals surface area contributed by atoms with Crippen LogP contribution >= 0.6 is 0 Å². The molecule has 0 aromatic heterocycles. The highest BCUT2D eigenvalue weighted by atomic mass is 19.4. The van der Waals surface area contributed by atoms with E-state index >= 15 is 0 Å². The quantitative estimate of drug-likeness (QED) is 0.626. The lowest BCUT2D eigenvalue weighted by Crippen LogP contribution is -2.38. The first-order valence-corrected chi connectivity index (χ1v) is 8.33. The molecular formula is C19H13F4N3O3. The topological polar surface area (TPSA) is 82.4 Å². The molecule has 1 N–H and O–H groups in total. The number of ether oxygens (including phenoxy) is 1. The summed E-state index contributed by atoms with van der Waals surface area (Å²) >= 11 is 0. The smallest absolute Gasteiger partial charge is 0.422 e. The van der Waals surface area contributed by atoms with Gasteiger partial charge in [-0.1, -0.05) is 0 Å². The molecule has 2 aromatic carbocycles. The molecule has 0 spiro atoms. The maximum Gasteiger partial charge on any atom is 0.422 e. The van der Waals surface area contributed by atoms with Gasteiger partial charge in [-0.25, -0.2) is 4.39 Å². The highest BCUT2D eigenvalue weighted by Gasteiger charge is 2.30. The van der Waals surface area contributed by atoms with E-state index < -0.39 is 30.4 Å². The monoisotopic (exact) mass is 407 g/mol. The van der Waals surface area contributed by atoms with Crippen molar-refractivity contribution in [2.75, 3.05) is 23.4 Å². The average molecular weight is 407 g/mol. The predicted octanol–water partition coefficient (Wildman–Crippen LogP) is 3.17. The number of alkyl halides is 3. The van der Waals surface area contributed by atoms with E-state index in [1.54, 1.807) is 6.07 Å². The van der Waals surface area contributed by atoms with E-state index in [0.717, 1.165) is 12.1 Å². The highest BCUT2D eigenvalue weighted by molar-refractivity contribution is 6.44. The van der Waals surface area contributed by atoms with Gasteiger partial charge in [0.1, 0.15) is 17.6 Å². The Bertz CT molecular complexity index is 1010. The number of fused-ring (bicyclic) bond motifs is 1. The number of hydrogen-bond donors (Lipinski definition) is 1. The minimum atomic E-state index is -4.57. The minimum Gasteiger partial charge on any atom is -0.483 e. The second kappa shape index (κ2) is 7.79. The summed E-state index contributed by atoms with van der Waals surface area (Å²) in [4.78, 5) is 25.9. The molecule has 0 saturated heterocycles. The number of benzene rings is 2. The summed E-state index contributed by atoms with van der Waals surface area (Å²) in [6, 6.07) is 8.96. The molecule has 0 fully saturated rings. The number of rotatable bonds is 3. The Morgan fingerprint density at radius 3 is 2.66 bits per heavy atom. The number of nitrogens with one attached hydrogen (secondary N) is 1. The van der Waals surface area contributed by atoms with Gasteiger partial charge in [0.15, 0.2) is 6.61 Å².